The number of benzene rings is 1. The Bertz CT molecular complexity index is 451. The van der Waals surface area contributed by atoms with Crippen molar-refractivity contribution in [3.05, 3.63) is 35.4 Å². The second kappa shape index (κ2) is 5.54. The van der Waals surface area contributed by atoms with Crippen LogP contribution in [0.2, 0.25) is 0 Å². The maximum Gasteiger partial charge on any atom is 0.164 e. The number of nitrogens with one attached hydrogen (secondary N) is 1. The molecule has 1 atom stereocenters. The molecule has 1 heterocycles. The van der Waals surface area contributed by atoms with Gasteiger partial charge in [0.25, 0.3) is 0 Å². The molecule has 98 valence electrons. The minimum atomic E-state index is -0.976. The molecule has 2 rings (SSSR count). The highest BCUT2D eigenvalue weighted by molar-refractivity contribution is 5.96. The molecule has 1 aromatic carbocycles. The predicted molar refractivity (Wildman–Crippen MR) is 64.6 cm³/mol. The van der Waals surface area contributed by atoms with Crippen LogP contribution in [0.25, 0.3) is 0 Å². The summed E-state index contributed by atoms with van der Waals surface area (Å²) in [6.07, 6.45) is 0.314. The monoisotopic (exact) mass is 254 g/mol. The number of halogens is 2. The molecule has 0 amide bonds. The zero-order valence-corrected chi connectivity index (χ0v) is 10.2. The van der Waals surface area contributed by atoms with Crippen molar-refractivity contribution in [1.82, 2.24) is 10.2 Å². The molecule has 1 saturated heterocycles. The zero-order valence-electron chi connectivity index (χ0n) is 10.2. The summed E-state index contributed by atoms with van der Waals surface area (Å²) in [6.45, 7) is 2.54. The molecule has 0 bridgehead atoms. The van der Waals surface area contributed by atoms with Gasteiger partial charge in [-0.25, -0.2) is 8.78 Å². The number of carbonyl (C=O) groups is 1. The van der Waals surface area contributed by atoms with Crippen LogP contribution in [0, 0.1) is 11.6 Å². The van der Waals surface area contributed by atoms with Gasteiger partial charge in [0.2, 0.25) is 0 Å². The molecule has 0 saturated carbocycles. The predicted octanol–water partition coefficient (Wildman–Crippen LogP) is 1.44. The van der Waals surface area contributed by atoms with E-state index >= 15 is 0 Å². The molecule has 1 unspecified atom stereocenters. The van der Waals surface area contributed by atoms with Crippen molar-refractivity contribution in [3.63, 3.8) is 0 Å². The van der Waals surface area contributed by atoms with Crippen LogP contribution in [0.1, 0.15) is 16.8 Å². The van der Waals surface area contributed by atoms with Crippen molar-refractivity contribution in [2.24, 2.45) is 0 Å². The number of Topliss-reactive ketones (excluding diaryl/α,β-unsaturated/α-hetero) is 1. The van der Waals surface area contributed by atoms with E-state index in [2.05, 4.69) is 10.2 Å². The van der Waals surface area contributed by atoms with Gasteiger partial charge >= 0.3 is 0 Å². The van der Waals surface area contributed by atoms with Gasteiger partial charge in [0.1, 0.15) is 0 Å². The lowest BCUT2D eigenvalue weighted by molar-refractivity contribution is 0.0917. The van der Waals surface area contributed by atoms with Crippen LogP contribution in [-0.4, -0.2) is 43.4 Å². The van der Waals surface area contributed by atoms with Crippen LogP contribution < -0.4 is 5.32 Å². The van der Waals surface area contributed by atoms with E-state index in [1.54, 1.807) is 0 Å². The number of hydrogen-bond donors (Lipinski definition) is 1. The largest absolute Gasteiger partial charge is 0.314 e. The highest BCUT2D eigenvalue weighted by Gasteiger charge is 2.22. The number of likely N-dealkylation sites (N-methyl/N-ethyl adjacent to an activating group) is 1. The number of carbonyl (C=O) groups excluding carboxylic acids is 1. The van der Waals surface area contributed by atoms with Gasteiger partial charge < -0.3 is 10.2 Å². The Hall–Kier alpha value is -1.33. The topological polar surface area (TPSA) is 32.3 Å². The molecule has 0 radical (unpaired) electrons. The van der Waals surface area contributed by atoms with Crippen LogP contribution >= 0.6 is 0 Å². The van der Waals surface area contributed by atoms with E-state index in [1.165, 1.54) is 6.07 Å². The van der Waals surface area contributed by atoms with Gasteiger partial charge in [-0.1, -0.05) is 0 Å². The van der Waals surface area contributed by atoms with Gasteiger partial charge in [-0.05, 0) is 25.2 Å². The van der Waals surface area contributed by atoms with Crippen molar-refractivity contribution in [3.8, 4) is 0 Å². The fourth-order valence-electron chi connectivity index (χ4n) is 2.09. The molecule has 18 heavy (non-hydrogen) atoms. The SMILES string of the molecule is CN1CCNCC1CC(=O)c1ccc(F)c(F)c1. The first-order valence-electron chi connectivity index (χ1n) is 5.97. The Labute approximate surface area is 105 Å². The Kier molecular flexibility index (Phi) is 4.04. The molecule has 1 aliphatic heterocycles. The highest BCUT2D eigenvalue weighted by atomic mass is 19.2. The number of nitrogens with zero attached hydrogens (tertiary/aromatic N) is 1. The van der Waals surface area contributed by atoms with E-state index < -0.39 is 11.6 Å². The summed E-state index contributed by atoms with van der Waals surface area (Å²) in [5.41, 5.74) is 0.230. The average Bonchev–Trinajstić information content (AvgIpc) is 2.35. The Morgan fingerprint density at radius 1 is 1.44 bits per heavy atom. The molecule has 0 aliphatic carbocycles. The maximum atomic E-state index is 13.0. The third-order valence-corrected chi connectivity index (χ3v) is 3.31. The third kappa shape index (κ3) is 2.91. The molecular weight excluding hydrogens is 238 g/mol. The van der Waals surface area contributed by atoms with Gasteiger partial charge in [-0.15, -0.1) is 0 Å². The Balaban J connectivity index is 2.04. The zero-order chi connectivity index (χ0) is 13.1. The van der Waals surface area contributed by atoms with Crippen LogP contribution in [0.5, 0.6) is 0 Å². The number of piperazine rings is 1. The lowest BCUT2D eigenvalue weighted by Crippen LogP contribution is -2.49. The van der Waals surface area contributed by atoms with E-state index in [1.807, 2.05) is 7.05 Å². The van der Waals surface area contributed by atoms with Crippen molar-refractivity contribution in [2.45, 2.75) is 12.5 Å². The second-order valence-corrected chi connectivity index (χ2v) is 4.59. The standard InChI is InChI=1S/C13H16F2N2O/c1-17-5-4-16-8-10(17)7-13(18)9-2-3-11(14)12(15)6-9/h2-3,6,10,16H,4-5,7-8H2,1H3. The molecule has 0 aromatic heterocycles. The van der Waals surface area contributed by atoms with Gasteiger partial charge in [0.05, 0.1) is 0 Å². The van der Waals surface area contributed by atoms with E-state index in [0.29, 0.717) is 6.42 Å². The van der Waals surface area contributed by atoms with Crippen LogP contribution in [0.3, 0.4) is 0 Å². The minimum Gasteiger partial charge on any atom is -0.314 e. The minimum absolute atomic E-state index is 0.111. The Morgan fingerprint density at radius 3 is 2.89 bits per heavy atom. The van der Waals surface area contributed by atoms with E-state index in [4.69, 9.17) is 0 Å². The van der Waals surface area contributed by atoms with Gasteiger partial charge in [-0.3, -0.25) is 4.79 Å². The first-order valence-corrected chi connectivity index (χ1v) is 5.97. The summed E-state index contributed by atoms with van der Waals surface area (Å²) in [7, 11) is 1.96. The molecular formula is C13H16F2N2O. The van der Waals surface area contributed by atoms with Crippen molar-refractivity contribution in [1.29, 1.82) is 0 Å². The third-order valence-electron chi connectivity index (χ3n) is 3.31. The van der Waals surface area contributed by atoms with E-state index in [-0.39, 0.29) is 17.4 Å². The highest BCUT2D eigenvalue weighted by Crippen LogP contribution is 2.13. The fourth-order valence-corrected chi connectivity index (χ4v) is 2.09. The van der Waals surface area contributed by atoms with Crippen molar-refractivity contribution in [2.75, 3.05) is 26.7 Å². The lowest BCUT2D eigenvalue weighted by atomic mass is 10.0. The van der Waals surface area contributed by atoms with Crippen molar-refractivity contribution < 1.29 is 13.6 Å². The molecule has 3 nitrogen and oxygen atoms in total. The quantitative estimate of drug-likeness (QED) is 0.828. The first-order chi connectivity index (χ1) is 8.58. The summed E-state index contributed by atoms with van der Waals surface area (Å²) in [4.78, 5) is 14.1. The normalized spacial score (nSPS) is 20.9. The fraction of sp³-hybridized carbons (Fsp3) is 0.462. The lowest BCUT2D eigenvalue weighted by Gasteiger charge is -2.32. The first kappa shape index (κ1) is 13.1. The van der Waals surface area contributed by atoms with E-state index in [0.717, 1.165) is 31.8 Å². The summed E-state index contributed by atoms with van der Waals surface area (Å²) >= 11 is 0. The molecule has 1 aromatic rings. The van der Waals surface area contributed by atoms with Gasteiger partial charge in [0.15, 0.2) is 17.4 Å². The molecule has 1 N–H and O–H groups in total. The molecule has 1 aliphatic rings. The van der Waals surface area contributed by atoms with Gasteiger partial charge in [-0.2, -0.15) is 0 Å². The number of rotatable bonds is 3. The average molecular weight is 254 g/mol. The number of hydrogen-bond acceptors (Lipinski definition) is 3. The summed E-state index contributed by atoms with van der Waals surface area (Å²) in [6, 6.07) is 3.40. The second-order valence-electron chi connectivity index (χ2n) is 4.59. The molecule has 1 fully saturated rings. The Morgan fingerprint density at radius 2 is 2.22 bits per heavy atom. The summed E-state index contributed by atoms with van der Waals surface area (Å²) in [5.74, 6) is -2.06. The maximum absolute atomic E-state index is 13.0. The van der Waals surface area contributed by atoms with Crippen LogP contribution in [0.15, 0.2) is 18.2 Å². The van der Waals surface area contributed by atoms with Crippen molar-refractivity contribution >= 4 is 5.78 Å². The van der Waals surface area contributed by atoms with E-state index in [9.17, 15) is 13.6 Å². The summed E-state index contributed by atoms with van der Waals surface area (Å²) in [5, 5.41) is 3.21. The number of ketones is 1. The smallest absolute Gasteiger partial charge is 0.164 e. The van der Waals surface area contributed by atoms with Crippen LogP contribution in [0.4, 0.5) is 8.78 Å². The molecule has 0 spiro atoms. The van der Waals surface area contributed by atoms with Gasteiger partial charge in [0, 0.05) is 37.7 Å². The van der Waals surface area contributed by atoms with Crippen LogP contribution in [-0.2, 0) is 0 Å². The summed E-state index contributed by atoms with van der Waals surface area (Å²) < 4.78 is 25.8. The molecule has 5 heteroatoms.